The standard InChI is InChI=1S/C33H44N8O4.C28H36N8O2/c1-33(2,3)45-32(44)40-24-13-14-25(40)20-39(19-24)29(42)21-12-15-27(34-17-21)36-31-35-18-22-16-26(30(43)38(4)5)41(28(22)37-31)23-10-8-6-7-9-11-23;1-34(2)27(38)23-13-19-15-30-28(33-25(19)36(23)22-7-5-3-4-6-8-22)32-24-12-9-18(14-29-24)26(37)35-16-20-10-11-21(17-35)31-20/h12,15-18,23-25H,6-11,13-14,19-20H2,1-5H3,(H,34,35,36,37);9,12-15,20-22,31H,3-8,10-11,16-17H2,1-2H3,(H,29,30,32,33). The van der Waals surface area contributed by atoms with E-state index in [1.807, 2.05) is 53.7 Å². The van der Waals surface area contributed by atoms with Crippen molar-refractivity contribution >= 4 is 75.3 Å². The first-order chi connectivity index (χ1) is 39.9. The smallest absolute Gasteiger partial charge is 0.410 e. The number of carbonyl (C=O) groups is 5. The molecule has 4 unspecified atom stereocenters. The fourth-order valence-electron chi connectivity index (χ4n) is 13.1. The van der Waals surface area contributed by atoms with Crippen molar-refractivity contribution in [3.8, 4) is 0 Å². The van der Waals surface area contributed by atoms with Crippen molar-refractivity contribution in [2.45, 2.75) is 165 Å². The highest BCUT2D eigenvalue weighted by Crippen LogP contribution is 2.37. The molecule has 4 saturated heterocycles. The van der Waals surface area contributed by atoms with Gasteiger partial charge in [0.2, 0.25) is 11.9 Å². The fourth-order valence-corrected chi connectivity index (χ4v) is 13.1. The van der Waals surface area contributed by atoms with Gasteiger partial charge in [-0.1, -0.05) is 51.4 Å². The number of carbonyl (C=O) groups excluding carboxylic acids is 5. The van der Waals surface area contributed by atoms with E-state index < -0.39 is 5.60 Å². The molecule has 5 amide bonds. The number of amides is 5. The van der Waals surface area contributed by atoms with Crippen LogP contribution in [0.15, 0.2) is 61.2 Å². The molecule has 6 aromatic heterocycles. The summed E-state index contributed by atoms with van der Waals surface area (Å²) in [6.45, 7) is 8.04. The summed E-state index contributed by atoms with van der Waals surface area (Å²) in [7, 11) is 7.10. The zero-order valence-electron chi connectivity index (χ0n) is 49.1. The van der Waals surface area contributed by atoms with E-state index in [0.717, 1.165) is 112 Å². The molecule has 4 aliphatic heterocycles. The summed E-state index contributed by atoms with van der Waals surface area (Å²) in [4.78, 5) is 102. The first-order valence-corrected chi connectivity index (χ1v) is 30.0. The van der Waals surface area contributed by atoms with E-state index in [9.17, 15) is 24.0 Å². The highest BCUT2D eigenvalue weighted by molar-refractivity contribution is 5.99. The molecule has 440 valence electrons. The number of aromatic nitrogens is 8. The summed E-state index contributed by atoms with van der Waals surface area (Å²) in [5.41, 5.74) is 3.30. The Morgan fingerprint density at radius 1 is 0.530 bits per heavy atom. The van der Waals surface area contributed by atoms with Gasteiger partial charge >= 0.3 is 6.09 Å². The molecule has 0 aromatic carbocycles. The van der Waals surface area contributed by atoms with Crippen molar-refractivity contribution in [2.24, 2.45) is 0 Å². The summed E-state index contributed by atoms with van der Waals surface area (Å²) in [5, 5.41) is 11.6. The number of hydrogen-bond donors (Lipinski definition) is 3. The second kappa shape index (κ2) is 24.2. The van der Waals surface area contributed by atoms with Crippen LogP contribution in [0.5, 0.6) is 0 Å². The highest BCUT2D eigenvalue weighted by atomic mass is 16.6. The van der Waals surface area contributed by atoms with Gasteiger partial charge in [-0.05, 0) is 109 Å². The van der Waals surface area contributed by atoms with Crippen LogP contribution in [0.4, 0.5) is 28.3 Å². The van der Waals surface area contributed by atoms with Crippen LogP contribution in [0, 0.1) is 0 Å². The Morgan fingerprint density at radius 3 is 1.34 bits per heavy atom. The van der Waals surface area contributed by atoms with Gasteiger partial charge in [0.15, 0.2) is 0 Å². The number of anilines is 4. The second-order valence-electron chi connectivity index (χ2n) is 24.9. The Labute approximate surface area is 485 Å². The number of hydrogen-bond acceptors (Lipinski definition) is 15. The zero-order chi connectivity index (χ0) is 58.1. The lowest BCUT2D eigenvalue weighted by Gasteiger charge is -2.41. The lowest BCUT2D eigenvalue weighted by atomic mass is 10.1. The molecule has 12 rings (SSSR count). The average molecular weight is 1130 g/mol. The van der Waals surface area contributed by atoms with Gasteiger partial charge in [0.05, 0.1) is 23.2 Å². The molecule has 83 heavy (non-hydrogen) atoms. The molecule has 0 radical (unpaired) electrons. The maximum absolute atomic E-state index is 13.4. The first-order valence-electron chi connectivity index (χ1n) is 30.0. The van der Waals surface area contributed by atoms with Crippen molar-refractivity contribution in [3.63, 3.8) is 0 Å². The number of pyridine rings is 2. The predicted molar refractivity (Wildman–Crippen MR) is 316 cm³/mol. The molecule has 2 saturated carbocycles. The van der Waals surface area contributed by atoms with Gasteiger partial charge in [-0.3, -0.25) is 24.1 Å². The fraction of sp³-hybridized carbons (Fsp3) is 0.557. The lowest BCUT2D eigenvalue weighted by Crippen LogP contribution is -2.57. The van der Waals surface area contributed by atoms with Gasteiger partial charge in [0.25, 0.3) is 23.6 Å². The molecule has 10 heterocycles. The predicted octanol–water partition coefficient (Wildman–Crippen LogP) is 9.13. The molecular formula is C61H80N16O6. The summed E-state index contributed by atoms with van der Waals surface area (Å²) < 4.78 is 9.87. The van der Waals surface area contributed by atoms with Crippen LogP contribution in [0.1, 0.15) is 177 Å². The largest absolute Gasteiger partial charge is 0.444 e. The Hall–Kier alpha value is -7.75. The summed E-state index contributed by atoms with van der Waals surface area (Å²) >= 11 is 0. The van der Waals surface area contributed by atoms with Crippen molar-refractivity contribution in [3.05, 3.63) is 83.7 Å². The number of rotatable bonds is 10. The molecule has 4 bridgehead atoms. The van der Waals surface area contributed by atoms with E-state index in [-0.39, 0.29) is 53.9 Å². The molecule has 22 nitrogen and oxygen atoms in total. The van der Waals surface area contributed by atoms with Crippen LogP contribution in [0.25, 0.3) is 22.1 Å². The van der Waals surface area contributed by atoms with E-state index in [0.29, 0.717) is 71.2 Å². The number of piperazine rings is 2. The van der Waals surface area contributed by atoms with Crippen molar-refractivity contribution in [2.75, 3.05) is 65.0 Å². The third-order valence-corrected chi connectivity index (χ3v) is 17.2. The lowest BCUT2D eigenvalue weighted by molar-refractivity contribution is -0.00337. The summed E-state index contributed by atoms with van der Waals surface area (Å²) in [6, 6.07) is 12.1. The van der Waals surface area contributed by atoms with Gasteiger partial charge in [-0.25, -0.2) is 24.7 Å². The second-order valence-corrected chi connectivity index (χ2v) is 24.9. The molecule has 2 aliphatic carbocycles. The van der Waals surface area contributed by atoms with Gasteiger partial charge in [0, 0.05) is 114 Å². The molecule has 4 atom stereocenters. The molecule has 6 fully saturated rings. The van der Waals surface area contributed by atoms with E-state index in [4.69, 9.17) is 14.7 Å². The third-order valence-electron chi connectivity index (χ3n) is 17.2. The quantitative estimate of drug-likeness (QED) is 0.109. The van der Waals surface area contributed by atoms with Crippen LogP contribution in [0.2, 0.25) is 0 Å². The van der Waals surface area contributed by atoms with E-state index >= 15 is 0 Å². The number of likely N-dealkylation sites (tertiary alicyclic amines) is 2. The molecular weight excluding hydrogens is 1050 g/mol. The van der Waals surface area contributed by atoms with Crippen LogP contribution in [-0.2, 0) is 4.74 Å². The van der Waals surface area contributed by atoms with Gasteiger partial charge in [-0.15, -0.1) is 0 Å². The third kappa shape index (κ3) is 12.6. The van der Waals surface area contributed by atoms with E-state index in [1.165, 1.54) is 25.7 Å². The van der Waals surface area contributed by atoms with E-state index in [1.54, 1.807) is 81.0 Å². The van der Waals surface area contributed by atoms with Crippen molar-refractivity contribution in [1.82, 2.24) is 68.9 Å². The number of nitrogens with one attached hydrogen (secondary N) is 3. The van der Waals surface area contributed by atoms with Gasteiger partial charge in [0.1, 0.15) is 39.9 Å². The van der Waals surface area contributed by atoms with Crippen molar-refractivity contribution in [1.29, 1.82) is 0 Å². The number of fused-ring (bicyclic) bond motifs is 6. The van der Waals surface area contributed by atoms with Crippen LogP contribution >= 0.6 is 0 Å². The minimum Gasteiger partial charge on any atom is -0.444 e. The van der Waals surface area contributed by atoms with Crippen LogP contribution in [-0.4, -0.2) is 177 Å². The molecule has 22 heteroatoms. The number of ether oxygens (including phenoxy) is 1. The minimum absolute atomic E-state index is 0.0267. The maximum atomic E-state index is 13.4. The minimum atomic E-state index is -0.561. The Bertz CT molecular complexity index is 3310. The number of nitrogens with zero attached hydrogens (tertiary/aromatic N) is 13. The Balaban J connectivity index is 0.000000176. The molecule has 3 N–H and O–H groups in total. The maximum Gasteiger partial charge on any atom is 0.410 e. The topological polar surface area (TPSA) is 234 Å². The first kappa shape index (κ1) is 57.1. The highest BCUT2D eigenvalue weighted by Gasteiger charge is 2.46. The van der Waals surface area contributed by atoms with Crippen LogP contribution in [0.3, 0.4) is 0 Å². The van der Waals surface area contributed by atoms with Crippen molar-refractivity contribution < 1.29 is 28.7 Å². The molecule has 6 aromatic rings. The summed E-state index contributed by atoms with van der Waals surface area (Å²) in [6.07, 6.45) is 23.9. The molecule has 0 spiro atoms. The Morgan fingerprint density at radius 2 is 0.952 bits per heavy atom. The summed E-state index contributed by atoms with van der Waals surface area (Å²) in [5.74, 6) is 1.72. The normalized spacial score (nSPS) is 21.2. The van der Waals surface area contributed by atoms with Gasteiger partial charge < -0.3 is 49.4 Å². The monoisotopic (exact) mass is 1130 g/mol. The Kier molecular flexibility index (Phi) is 16.7. The van der Waals surface area contributed by atoms with Gasteiger partial charge in [-0.2, -0.15) is 9.97 Å². The van der Waals surface area contributed by atoms with E-state index in [2.05, 4.69) is 45.0 Å². The average Bonchev–Trinajstić information content (AvgIpc) is 3.23. The zero-order valence-corrected chi connectivity index (χ0v) is 49.1. The SMILES string of the molecule is CN(C)C(=O)c1cc2cnc(Nc3ccc(C(=O)N4CC5CCC(C4)N5)cn3)nc2n1C1CCCCCC1.CN(C)C(=O)c1cc2cnc(Nc3ccc(C(=O)N4CC5CCC(C4)N5C(=O)OC(C)(C)C)cn3)nc2n1C1CCCCCC1. The molecule has 6 aliphatic rings. The van der Waals surface area contributed by atoms with Crippen LogP contribution < -0.4 is 16.0 Å².